The summed E-state index contributed by atoms with van der Waals surface area (Å²) in [7, 11) is 0. The first-order chi connectivity index (χ1) is 27.4. The molecule has 0 aliphatic heterocycles. The molecule has 4 heteroatoms. The van der Waals surface area contributed by atoms with E-state index in [0.29, 0.717) is 27.5 Å². The zero-order valence-electron chi connectivity index (χ0n) is 34.6. The molecular weight excluding hydrogens is 574 g/mol. The van der Waals surface area contributed by atoms with Crippen LogP contribution in [0.3, 0.4) is 0 Å². The molecule has 0 atom stereocenters. The first-order valence-corrected chi connectivity index (χ1v) is 14.9. The maximum atomic E-state index is 8.65. The molecule has 0 N–H and O–H groups in total. The third kappa shape index (κ3) is 4.93. The quantitative estimate of drug-likeness (QED) is 0.194. The van der Waals surface area contributed by atoms with E-state index in [2.05, 4.69) is 63.5 Å². The first-order valence-electron chi connectivity index (χ1n) is 19.9. The number of hydrogen-bond donors (Lipinski definition) is 0. The van der Waals surface area contributed by atoms with Crippen molar-refractivity contribution in [3.8, 4) is 56.4 Å². The van der Waals surface area contributed by atoms with Gasteiger partial charge in [0.25, 0.3) is 0 Å². The molecule has 0 bridgehead atoms. The molecular formula is C43H27N3O. The fraction of sp³-hybridized carbons (Fsp3) is 0. The van der Waals surface area contributed by atoms with E-state index in [-0.39, 0.29) is 28.6 Å². The lowest BCUT2D eigenvalue weighted by molar-refractivity contribution is 0.669. The Bertz CT molecular complexity index is 3000. The van der Waals surface area contributed by atoms with E-state index in [0.717, 1.165) is 33.0 Å². The Labute approximate surface area is 285 Å². The summed E-state index contributed by atoms with van der Waals surface area (Å²) in [6, 6.07) is 28.0. The molecule has 7 aromatic carbocycles. The van der Waals surface area contributed by atoms with Gasteiger partial charge in [-0.25, -0.2) is 15.0 Å². The van der Waals surface area contributed by atoms with Crippen LogP contribution < -0.4 is 0 Å². The minimum Gasteiger partial charge on any atom is -0.456 e. The first kappa shape index (κ1) is 18.5. The van der Waals surface area contributed by atoms with Gasteiger partial charge in [-0.05, 0) is 63.4 Å². The van der Waals surface area contributed by atoms with Gasteiger partial charge in [-0.3, -0.25) is 0 Å². The summed E-state index contributed by atoms with van der Waals surface area (Å²) in [6.07, 6.45) is 0. The second-order valence-corrected chi connectivity index (χ2v) is 10.9. The van der Waals surface area contributed by atoms with E-state index in [4.69, 9.17) is 18.1 Å². The van der Waals surface area contributed by atoms with Crippen LogP contribution >= 0.6 is 0 Å². The second kappa shape index (κ2) is 11.2. The number of benzene rings is 7. The third-order valence-electron chi connectivity index (χ3n) is 8.10. The molecule has 0 saturated carbocycles. The molecule has 2 aromatic heterocycles. The van der Waals surface area contributed by atoms with Gasteiger partial charge in [0, 0.05) is 27.5 Å². The molecule has 0 unspecified atom stereocenters. The van der Waals surface area contributed by atoms with Gasteiger partial charge in [0.05, 0.1) is 13.7 Å². The lowest BCUT2D eigenvalue weighted by Crippen LogP contribution is -2.00. The average molecular weight is 612 g/mol. The van der Waals surface area contributed by atoms with E-state index >= 15 is 0 Å². The van der Waals surface area contributed by atoms with Crippen molar-refractivity contribution >= 4 is 32.7 Å². The van der Waals surface area contributed by atoms with Crippen LogP contribution in [0, 0.1) is 0 Å². The lowest BCUT2D eigenvalue weighted by Gasteiger charge is -2.09. The summed E-state index contributed by atoms with van der Waals surface area (Å²) in [5.74, 6) is -0.702. The summed E-state index contributed by atoms with van der Waals surface area (Å²) in [5, 5.41) is 3.51. The minimum atomic E-state index is -0.612. The number of fused-ring (bicyclic) bond motifs is 4. The summed E-state index contributed by atoms with van der Waals surface area (Å²) < 4.78 is 90.3. The van der Waals surface area contributed by atoms with Gasteiger partial charge in [0.1, 0.15) is 11.2 Å². The van der Waals surface area contributed by atoms with Gasteiger partial charge in [0.2, 0.25) is 0 Å². The van der Waals surface area contributed by atoms with Gasteiger partial charge >= 0.3 is 0 Å². The Morgan fingerprint density at radius 1 is 0.426 bits per heavy atom. The molecule has 0 spiro atoms. The summed E-state index contributed by atoms with van der Waals surface area (Å²) in [5.41, 5.74) is 4.99. The Kier molecular flexibility index (Phi) is 4.42. The van der Waals surface area contributed by atoms with Crippen molar-refractivity contribution in [3.05, 3.63) is 164 Å². The minimum absolute atomic E-state index is 0.0320. The monoisotopic (exact) mass is 611 g/mol. The van der Waals surface area contributed by atoms with Crippen LogP contribution in [0.4, 0.5) is 0 Å². The fourth-order valence-electron chi connectivity index (χ4n) is 5.87. The molecule has 0 aliphatic rings. The number of nitrogens with zero attached hydrogens (tertiary/aromatic N) is 3. The van der Waals surface area contributed by atoms with Crippen molar-refractivity contribution in [2.75, 3.05) is 0 Å². The van der Waals surface area contributed by atoms with Crippen LogP contribution in [-0.4, -0.2) is 15.0 Å². The highest BCUT2D eigenvalue weighted by atomic mass is 16.3. The van der Waals surface area contributed by atoms with Crippen molar-refractivity contribution in [1.82, 2.24) is 15.0 Å². The topological polar surface area (TPSA) is 51.8 Å². The smallest absolute Gasteiger partial charge is 0.164 e. The summed E-state index contributed by atoms with van der Waals surface area (Å²) >= 11 is 0. The van der Waals surface area contributed by atoms with E-state index in [1.54, 1.807) is 18.2 Å². The summed E-state index contributed by atoms with van der Waals surface area (Å²) in [4.78, 5) is 13.7. The maximum absolute atomic E-state index is 8.65. The van der Waals surface area contributed by atoms with Gasteiger partial charge in [-0.15, -0.1) is 0 Å². The van der Waals surface area contributed by atoms with Crippen molar-refractivity contribution in [2.45, 2.75) is 0 Å². The lowest BCUT2D eigenvalue weighted by atomic mass is 9.97. The molecule has 4 nitrogen and oxygen atoms in total. The Morgan fingerprint density at radius 3 is 1.66 bits per heavy atom. The van der Waals surface area contributed by atoms with Crippen LogP contribution in [0.5, 0.6) is 0 Å². The van der Waals surface area contributed by atoms with Gasteiger partial charge in [-0.1, -0.05) is 133 Å². The molecule has 9 aromatic rings. The van der Waals surface area contributed by atoms with E-state index in [1.165, 1.54) is 0 Å². The number of aromatic nitrogens is 3. The Morgan fingerprint density at radius 2 is 1.00 bits per heavy atom. The maximum Gasteiger partial charge on any atom is 0.164 e. The molecule has 0 radical (unpaired) electrons. The van der Waals surface area contributed by atoms with Crippen molar-refractivity contribution < 1.29 is 18.1 Å². The highest BCUT2D eigenvalue weighted by molar-refractivity contribution is 6.12. The van der Waals surface area contributed by atoms with Gasteiger partial charge < -0.3 is 4.42 Å². The SMILES string of the molecule is [2H]c1c([2H])c([2H])c(-c2nc(-c3c([2H])c([2H])c([2H])c([2H])c3[2H])nc(-c3cccc4oc5cc(-c6ccc7cc(-c8ccccc8)ccc7c6)ccc5c34)n2)c([2H])c1[2H]. The van der Waals surface area contributed by atoms with E-state index in [9.17, 15) is 0 Å². The third-order valence-corrected chi connectivity index (χ3v) is 8.10. The fourth-order valence-corrected chi connectivity index (χ4v) is 5.87. The zero-order valence-corrected chi connectivity index (χ0v) is 24.6. The van der Waals surface area contributed by atoms with Crippen LogP contribution in [0.2, 0.25) is 0 Å². The van der Waals surface area contributed by atoms with Gasteiger partial charge in [0.15, 0.2) is 17.5 Å². The largest absolute Gasteiger partial charge is 0.456 e. The normalized spacial score (nSPS) is 14.4. The highest BCUT2D eigenvalue weighted by Gasteiger charge is 2.18. The van der Waals surface area contributed by atoms with Crippen LogP contribution in [0.25, 0.3) is 89.1 Å². The Balaban J connectivity index is 1.22. The number of hydrogen-bond acceptors (Lipinski definition) is 4. The summed E-state index contributed by atoms with van der Waals surface area (Å²) in [6.45, 7) is 0. The van der Waals surface area contributed by atoms with E-state index in [1.807, 2.05) is 36.4 Å². The Hall–Kier alpha value is -6.39. The molecule has 0 aliphatic carbocycles. The number of rotatable bonds is 5. The average Bonchev–Trinajstić information content (AvgIpc) is 3.62. The standard InChI is InChI=1S/C43H27N3O/c1-4-11-28(12-5-1)31-19-20-33-26-34(22-21-32(33)25-31)35-23-24-36-39(27-35)47-38-18-10-17-37(40(36)38)43-45-41(29-13-6-2-7-14-29)44-42(46-43)30-15-8-3-9-16-30/h1-27H/i2D,3D,6D,7D,8D,9D,13D,14D,15D,16D. The molecule has 0 fully saturated rings. The molecule has 9 rings (SSSR count). The second-order valence-electron chi connectivity index (χ2n) is 10.9. The van der Waals surface area contributed by atoms with E-state index < -0.39 is 60.4 Å². The van der Waals surface area contributed by atoms with Crippen molar-refractivity contribution in [1.29, 1.82) is 0 Å². The molecule has 47 heavy (non-hydrogen) atoms. The van der Waals surface area contributed by atoms with Crippen LogP contribution in [-0.2, 0) is 0 Å². The van der Waals surface area contributed by atoms with Crippen molar-refractivity contribution in [3.63, 3.8) is 0 Å². The predicted octanol–water partition coefficient (Wildman–Crippen LogP) is 11.3. The van der Waals surface area contributed by atoms with Crippen LogP contribution in [0.15, 0.2) is 168 Å². The van der Waals surface area contributed by atoms with Crippen molar-refractivity contribution in [2.24, 2.45) is 0 Å². The predicted molar refractivity (Wildman–Crippen MR) is 192 cm³/mol. The molecule has 0 saturated heterocycles. The highest BCUT2D eigenvalue weighted by Crippen LogP contribution is 2.38. The van der Waals surface area contributed by atoms with Crippen LogP contribution in [0.1, 0.15) is 13.7 Å². The number of furan rings is 1. The molecule has 2 heterocycles. The van der Waals surface area contributed by atoms with Gasteiger partial charge in [-0.2, -0.15) is 0 Å². The molecule has 0 amide bonds. The molecule has 220 valence electrons. The zero-order chi connectivity index (χ0) is 39.9.